The predicted molar refractivity (Wildman–Crippen MR) is 118 cm³/mol. The Balaban J connectivity index is 2.11. The zero-order valence-corrected chi connectivity index (χ0v) is 18.4. The van der Waals surface area contributed by atoms with Gasteiger partial charge in [-0.3, -0.25) is 19.2 Å². The fourth-order valence-electron chi connectivity index (χ4n) is 3.16. The largest absolute Gasteiger partial charge is 0.326 e. The van der Waals surface area contributed by atoms with Crippen molar-refractivity contribution < 1.29 is 18.1 Å². The maximum Gasteiger partial charge on any atom is 0.271 e. The topological polar surface area (TPSA) is 110 Å². The van der Waals surface area contributed by atoms with Gasteiger partial charge in [0.25, 0.3) is 5.69 Å². The predicted octanol–water partition coefficient (Wildman–Crippen LogP) is 4.21. The molecule has 1 amide bonds. The Morgan fingerprint density at radius 3 is 2.47 bits per heavy atom. The van der Waals surface area contributed by atoms with E-state index in [9.17, 15) is 23.3 Å². The van der Waals surface area contributed by atoms with E-state index in [-0.39, 0.29) is 42.6 Å². The SMILES string of the molecule is Cc1ccc([N+](=O)[O-])cc1N(CCCC(=O)Nc1ccccc1C(C)C)S(C)(=O)=O. The molecule has 0 fully saturated rings. The molecule has 0 radical (unpaired) electrons. The number of rotatable bonds is 9. The van der Waals surface area contributed by atoms with Crippen LogP contribution in [0.2, 0.25) is 0 Å². The molecular formula is C21H27N3O5S. The fraction of sp³-hybridized carbons (Fsp3) is 0.381. The number of amides is 1. The number of carbonyl (C=O) groups excluding carboxylic acids is 1. The number of anilines is 2. The van der Waals surface area contributed by atoms with E-state index in [0.717, 1.165) is 21.8 Å². The van der Waals surface area contributed by atoms with E-state index in [1.165, 1.54) is 18.2 Å². The molecule has 0 atom stereocenters. The number of hydrogen-bond donors (Lipinski definition) is 1. The normalized spacial score (nSPS) is 11.4. The summed E-state index contributed by atoms with van der Waals surface area (Å²) in [4.78, 5) is 22.9. The van der Waals surface area contributed by atoms with Gasteiger partial charge in [-0.25, -0.2) is 8.42 Å². The average Bonchev–Trinajstić information content (AvgIpc) is 2.65. The number of hydrogen-bond acceptors (Lipinski definition) is 5. The summed E-state index contributed by atoms with van der Waals surface area (Å²) in [5, 5.41) is 14.0. The van der Waals surface area contributed by atoms with Gasteiger partial charge in [0.2, 0.25) is 15.9 Å². The van der Waals surface area contributed by atoms with Gasteiger partial charge in [0.05, 0.1) is 16.9 Å². The first-order valence-electron chi connectivity index (χ1n) is 9.62. The number of nitrogens with one attached hydrogen (secondary N) is 1. The summed E-state index contributed by atoms with van der Waals surface area (Å²) in [7, 11) is -3.68. The van der Waals surface area contributed by atoms with Gasteiger partial charge < -0.3 is 5.32 Å². The van der Waals surface area contributed by atoms with Gasteiger partial charge in [0.1, 0.15) is 0 Å². The summed E-state index contributed by atoms with van der Waals surface area (Å²) in [6.45, 7) is 5.81. The summed E-state index contributed by atoms with van der Waals surface area (Å²) in [6.07, 6.45) is 1.43. The van der Waals surface area contributed by atoms with Crippen molar-refractivity contribution in [3.63, 3.8) is 0 Å². The lowest BCUT2D eigenvalue weighted by Crippen LogP contribution is -2.32. The Kier molecular flexibility index (Phi) is 7.55. The molecule has 0 aliphatic carbocycles. The second-order valence-electron chi connectivity index (χ2n) is 7.46. The number of aryl methyl sites for hydroxylation is 1. The van der Waals surface area contributed by atoms with Crippen LogP contribution in [0.15, 0.2) is 42.5 Å². The summed E-state index contributed by atoms with van der Waals surface area (Å²) in [6, 6.07) is 11.6. The molecule has 0 spiro atoms. The molecule has 1 N–H and O–H groups in total. The minimum Gasteiger partial charge on any atom is -0.326 e. The minimum atomic E-state index is -3.68. The Labute approximate surface area is 177 Å². The molecule has 0 aliphatic rings. The standard InChI is InChI=1S/C21H27N3O5S/c1-15(2)18-8-5-6-9-19(18)22-21(25)10-7-13-23(30(4,28)29)20-14-17(24(26)27)12-11-16(20)3/h5-6,8-9,11-12,14-15H,7,10,13H2,1-4H3,(H,22,25). The van der Waals surface area contributed by atoms with Gasteiger partial charge in [0.15, 0.2) is 0 Å². The van der Waals surface area contributed by atoms with Crippen LogP contribution in [0.1, 0.15) is 43.7 Å². The van der Waals surface area contributed by atoms with Crippen molar-refractivity contribution in [3.8, 4) is 0 Å². The molecular weight excluding hydrogens is 406 g/mol. The summed E-state index contributed by atoms with van der Waals surface area (Å²) >= 11 is 0. The van der Waals surface area contributed by atoms with Crippen LogP contribution in [-0.4, -0.2) is 32.0 Å². The van der Waals surface area contributed by atoms with Gasteiger partial charge in [-0.2, -0.15) is 0 Å². The van der Waals surface area contributed by atoms with Crippen LogP contribution in [0.5, 0.6) is 0 Å². The third-order valence-electron chi connectivity index (χ3n) is 4.69. The van der Waals surface area contributed by atoms with Gasteiger partial charge in [-0.15, -0.1) is 0 Å². The van der Waals surface area contributed by atoms with Crippen LogP contribution >= 0.6 is 0 Å². The summed E-state index contributed by atoms with van der Waals surface area (Å²) < 4.78 is 25.7. The molecule has 30 heavy (non-hydrogen) atoms. The molecule has 0 aliphatic heterocycles. The molecule has 8 nitrogen and oxygen atoms in total. The van der Waals surface area contributed by atoms with Crippen molar-refractivity contribution in [2.24, 2.45) is 0 Å². The highest BCUT2D eigenvalue weighted by atomic mass is 32.2. The number of nitro groups is 1. The van der Waals surface area contributed by atoms with Gasteiger partial charge >= 0.3 is 0 Å². The number of para-hydroxylation sites is 1. The lowest BCUT2D eigenvalue weighted by atomic mass is 10.0. The average molecular weight is 434 g/mol. The Morgan fingerprint density at radius 2 is 1.87 bits per heavy atom. The molecule has 9 heteroatoms. The van der Waals surface area contributed by atoms with Crippen LogP contribution in [-0.2, 0) is 14.8 Å². The number of nitrogens with zero attached hydrogens (tertiary/aromatic N) is 2. The highest BCUT2D eigenvalue weighted by Crippen LogP contribution is 2.28. The second kappa shape index (κ2) is 9.71. The Hall–Kier alpha value is -2.94. The van der Waals surface area contributed by atoms with Crippen molar-refractivity contribution in [2.45, 2.75) is 39.5 Å². The third-order valence-corrected chi connectivity index (χ3v) is 5.87. The van der Waals surface area contributed by atoms with Crippen LogP contribution in [0, 0.1) is 17.0 Å². The smallest absolute Gasteiger partial charge is 0.271 e. The Morgan fingerprint density at radius 1 is 1.20 bits per heavy atom. The zero-order chi connectivity index (χ0) is 22.5. The van der Waals surface area contributed by atoms with Crippen molar-refractivity contribution in [1.82, 2.24) is 0 Å². The molecule has 0 aromatic heterocycles. The first-order valence-corrected chi connectivity index (χ1v) is 11.5. The highest BCUT2D eigenvalue weighted by molar-refractivity contribution is 7.92. The van der Waals surface area contributed by atoms with Crippen molar-refractivity contribution in [1.29, 1.82) is 0 Å². The van der Waals surface area contributed by atoms with E-state index in [1.54, 1.807) is 6.92 Å². The van der Waals surface area contributed by atoms with E-state index in [4.69, 9.17) is 0 Å². The second-order valence-corrected chi connectivity index (χ2v) is 9.36. The van der Waals surface area contributed by atoms with E-state index in [0.29, 0.717) is 5.56 Å². The van der Waals surface area contributed by atoms with E-state index in [1.807, 2.05) is 38.1 Å². The third kappa shape index (κ3) is 6.03. The molecule has 2 rings (SSSR count). The molecule has 2 aromatic carbocycles. The molecule has 0 bridgehead atoms. The van der Waals surface area contributed by atoms with Crippen molar-refractivity contribution in [2.75, 3.05) is 22.4 Å². The monoisotopic (exact) mass is 433 g/mol. The van der Waals surface area contributed by atoms with Gasteiger partial charge in [0, 0.05) is 30.8 Å². The lowest BCUT2D eigenvalue weighted by Gasteiger charge is -2.24. The number of benzene rings is 2. The Bertz CT molecular complexity index is 1030. The van der Waals surface area contributed by atoms with Crippen LogP contribution in [0.4, 0.5) is 17.1 Å². The summed E-state index contributed by atoms with van der Waals surface area (Å²) in [5.41, 5.74) is 2.42. The van der Waals surface area contributed by atoms with E-state index < -0.39 is 14.9 Å². The van der Waals surface area contributed by atoms with Crippen molar-refractivity contribution in [3.05, 3.63) is 63.7 Å². The minimum absolute atomic E-state index is 0.0418. The number of non-ortho nitro benzene ring substituents is 1. The number of nitro benzene ring substituents is 1. The number of carbonyl (C=O) groups is 1. The van der Waals surface area contributed by atoms with Crippen LogP contribution < -0.4 is 9.62 Å². The van der Waals surface area contributed by atoms with Gasteiger partial charge in [-0.1, -0.05) is 38.1 Å². The first-order chi connectivity index (χ1) is 14.0. The van der Waals surface area contributed by atoms with Crippen LogP contribution in [0.25, 0.3) is 0 Å². The quantitative estimate of drug-likeness (QED) is 0.470. The first kappa shape index (κ1) is 23.3. The molecule has 0 saturated carbocycles. The van der Waals surface area contributed by atoms with Gasteiger partial charge in [-0.05, 0) is 36.5 Å². The maximum atomic E-state index is 12.4. The molecule has 0 saturated heterocycles. The highest BCUT2D eigenvalue weighted by Gasteiger charge is 2.22. The maximum absolute atomic E-state index is 12.4. The van der Waals surface area contributed by atoms with E-state index >= 15 is 0 Å². The van der Waals surface area contributed by atoms with Crippen molar-refractivity contribution >= 4 is 33.0 Å². The summed E-state index contributed by atoms with van der Waals surface area (Å²) in [5.74, 6) is 0.0337. The zero-order valence-electron chi connectivity index (χ0n) is 17.6. The molecule has 162 valence electrons. The molecule has 0 unspecified atom stereocenters. The molecule has 0 heterocycles. The van der Waals surface area contributed by atoms with Crippen LogP contribution in [0.3, 0.4) is 0 Å². The fourth-order valence-corrected chi connectivity index (χ4v) is 4.17. The van der Waals surface area contributed by atoms with E-state index in [2.05, 4.69) is 5.32 Å². The number of sulfonamides is 1. The lowest BCUT2D eigenvalue weighted by molar-refractivity contribution is -0.384. The molecule has 2 aromatic rings.